The second-order valence-corrected chi connectivity index (χ2v) is 10.6. The van der Waals surface area contributed by atoms with Crippen molar-refractivity contribution in [3.8, 4) is 0 Å². The predicted molar refractivity (Wildman–Crippen MR) is 138 cm³/mol. The lowest BCUT2D eigenvalue weighted by atomic mass is 10.2. The highest BCUT2D eigenvalue weighted by Crippen LogP contribution is 2.38. The quantitative estimate of drug-likeness (QED) is 0.489. The molecule has 0 radical (unpaired) electrons. The molecule has 0 spiro atoms. The Hall–Kier alpha value is -2.23. The molecule has 2 aliphatic heterocycles. The van der Waals surface area contributed by atoms with Gasteiger partial charge in [0.25, 0.3) is 11.5 Å². The van der Waals surface area contributed by atoms with Gasteiger partial charge in [-0.3, -0.25) is 18.9 Å². The van der Waals surface area contributed by atoms with Crippen molar-refractivity contribution in [2.24, 2.45) is 0 Å². The molecule has 3 aliphatic rings. The Labute approximate surface area is 203 Å². The molecule has 0 bridgehead atoms. The van der Waals surface area contributed by atoms with E-state index in [1.54, 1.807) is 21.6 Å². The number of piperazine rings is 1. The first-order valence-corrected chi connectivity index (χ1v) is 13.0. The second-order valence-electron chi connectivity index (χ2n) is 8.95. The molecule has 1 aliphatic carbocycles. The molecule has 33 heavy (non-hydrogen) atoms. The normalized spacial score (nSPS) is 21.8. The van der Waals surface area contributed by atoms with Crippen molar-refractivity contribution >= 4 is 51.7 Å². The van der Waals surface area contributed by atoms with Crippen molar-refractivity contribution in [2.45, 2.75) is 45.6 Å². The van der Waals surface area contributed by atoms with Crippen molar-refractivity contribution in [1.29, 1.82) is 0 Å². The molecular formula is C24H29N5O2S2. The van der Waals surface area contributed by atoms with Crippen LogP contribution in [0.4, 0.5) is 5.82 Å². The molecule has 9 heteroatoms. The lowest BCUT2D eigenvalue weighted by Crippen LogP contribution is -2.47. The average Bonchev–Trinajstić information content (AvgIpc) is 3.43. The van der Waals surface area contributed by atoms with Crippen molar-refractivity contribution in [3.05, 3.63) is 44.7 Å². The maximum atomic E-state index is 13.7. The number of pyridine rings is 1. The fourth-order valence-electron chi connectivity index (χ4n) is 5.03. The first-order valence-electron chi connectivity index (χ1n) is 11.7. The van der Waals surface area contributed by atoms with Gasteiger partial charge in [-0.2, -0.15) is 0 Å². The smallest absolute Gasteiger partial charge is 0.267 e. The van der Waals surface area contributed by atoms with Crippen molar-refractivity contribution < 1.29 is 4.79 Å². The number of amides is 1. The first kappa shape index (κ1) is 22.6. The Morgan fingerprint density at radius 1 is 1.18 bits per heavy atom. The summed E-state index contributed by atoms with van der Waals surface area (Å²) < 4.78 is 2.19. The number of thiocarbonyl (C=S) groups is 1. The highest BCUT2D eigenvalue weighted by atomic mass is 32.2. The fraction of sp³-hybridized carbons (Fsp3) is 0.500. The third-order valence-corrected chi connectivity index (χ3v) is 8.30. The molecule has 1 saturated carbocycles. The zero-order valence-electron chi connectivity index (χ0n) is 19.1. The molecule has 1 amide bonds. The summed E-state index contributed by atoms with van der Waals surface area (Å²) in [5.74, 6) is 0.587. The number of aryl methyl sites for hydroxylation is 1. The molecular weight excluding hydrogens is 454 g/mol. The van der Waals surface area contributed by atoms with E-state index in [0.29, 0.717) is 26.3 Å². The van der Waals surface area contributed by atoms with Gasteiger partial charge in [-0.25, -0.2) is 4.98 Å². The number of carbonyl (C=O) groups is 1. The van der Waals surface area contributed by atoms with E-state index < -0.39 is 0 Å². The van der Waals surface area contributed by atoms with Gasteiger partial charge in [-0.15, -0.1) is 0 Å². The van der Waals surface area contributed by atoms with E-state index >= 15 is 0 Å². The molecule has 2 saturated heterocycles. The summed E-state index contributed by atoms with van der Waals surface area (Å²) in [7, 11) is 0. The molecule has 5 rings (SSSR count). The van der Waals surface area contributed by atoms with E-state index in [-0.39, 0.29) is 17.5 Å². The van der Waals surface area contributed by atoms with E-state index in [4.69, 9.17) is 17.2 Å². The van der Waals surface area contributed by atoms with Gasteiger partial charge in [0.2, 0.25) is 0 Å². The number of hydrogen-bond donors (Lipinski definition) is 0. The fourth-order valence-corrected chi connectivity index (χ4v) is 6.41. The van der Waals surface area contributed by atoms with Crippen LogP contribution in [-0.4, -0.2) is 68.2 Å². The van der Waals surface area contributed by atoms with Crippen LogP contribution in [0.5, 0.6) is 0 Å². The Kier molecular flexibility index (Phi) is 6.28. The summed E-state index contributed by atoms with van der Waals surface area (Å²) >= 11 is 6.88. The lowest BCUT2D eigenvalue weighted by molar-refractivity contribution is -0.123. The molecule has 3 fully saturated rings. The van der Waals surface area contributed by atoms with Crippen LogP contribution in [0.15, 0.2) is 28.0 Å². The molecule has 0 atom stereocenters. The van der Waals surface area contributed by atoms with Crippen LogP contribution in [-0.2, 0) is 4.79 Å². The Bertz CT molecular complexity index is 1190. The van der Waals surface area contributed by atoms with Crippen molar-refractivity contribution in [1.82, 2.24) is 19.2 Å². The maximum Gasteiger partial charge on any atom is 0.267 e. The maximum absolute atomic E-state index is 13.7. The third kappa shape index (κ3) is 4.11. The van der Waals surface area contributed by atoms with E-state index in [0.717, 1.165) is 64.0 Å². The zero-order valence-corrected chi connectivity index (χ0v) is 20.8. The third-order valence-electron chi connectivity index (χ3n) is 6.97. The van der Waals surface area contributed by atoms with Gasteiger partial charge in [-0.05, 0) is 44.0 Å². The summed E-state index contributed by atoms with van der Waals surface area (Å²) in [5, 5.41) is 0. The number of carbonyl (C=O) groups excluding carboxylic acids is 1. The number of anilines is 1. The average molecular weight is 484 g/mol. The molecule has 0 N–H and O–H groups in total. The molecule has 0 unspecified atom stereocenters. The van der Waals surface area contributed by atoms with Gasteiger partial charge in [0.15, 0.2) is 0 Å². The minimum Gasteiger partial charge on any atom is -0.353 e. The van der Waals surface area contributed by atoms with Crippen LogP contribution in [0, 0.1) is 6.92 Å². The van der Waals surface area contributed by atoms with Crippen LogP contribution >= 0.6 is 24.0 Å². The van der Waals surface area contributed by atoms with Gasteiger partial charge in [0, 0.05) is 38.4 Å². The topological polar surface area (TPSA) is 61.2 Å². The van der Waals surface area contributed by atoms with Crippen LogP contribution in [0.3, 0.4) is 0 Å². The largest absolute Gasteiger partial charge is 0.353 e. The molecule has 0 aromatic carbocycles. The van der Waals surface area contributed by atoms with Gasteiger partial charge in [0.1, 0.15) is 15.8 Å². The summed E-state index contributed by atoms with van der Waals surface area (Å²) in [6, 6.07) is 4.00. The Balaban J connectivity index is 1.59. The van der Waals surface area contributed by atoms with E-state index in [1.807, 2.05) is 19.1 Å². The first-order chi connectivity index (χ1) is 16.0. The summed E-state index contributed by atoms with van der Waals surface area (Å²) in [6.45, 7) is 8.59. The molecule has 4 heterocycles. The van der Waals surface area contributed by atoms with E-state index in [9.17, 15) is 9.59 Å². The Morgan fingerprint density at radius 2 is 1.91 bits per heavy atom. The van der Waals surface area contributed by atoms with Crippen LogP contribution < -0.4 is 10.5 Å². The van der Waals surface area contributed by atoms with Crippen LogP contribution in [0.1, 0.15) is 43.7 Å². The van der Waals surface area contributed by atoms with Crippen molar-refractivity contribution in [3.63, 3.8) is 0 Å². The summed E-state index contributed by atoms with van der Waals surface area (Å²) in [4.78, 5) is 38.8. The highest BCUT2D eigenvalue weighted by molar-refractivity contribution is 8.26. The predicted octanol–water partition coefficient (Wildman–Crippen LogP) is 3.29. The zero-order chi connectivity index (χ0) is 23.1. The number of hydrogen-bond acceptors (Lipinski definition) is 7. The van der Waals surface area contributed by atoms with Gasteiger partial charge < -0.3 is 9.80 Å². The van der Waals surface area contributed by atoms with Gasteiger partial charge in [0.05, 0.1) is 10.5 Å². The number of thioether (sulfide) groups is 1. The van der Waals surface area contributed by atoms with E-state index in [1.165, 1.54) is 11.8 Å². The second kappa shape index (κ2) is 9.19. The van der Waals surface area contributed by atoms with Crippen LogP contribution in [0.2, 0.25) is 0 Å². The number of rotatable bonds is 4. The SMILES string of the molecule is CCN1CCN(c2nc3c(C)cccn3c(=O)c2/C=C2\SC(=S)N(C3CCCC3)C2=O)CC1. The molecule has 7 nitrogen and oxygen atoms in total. The minimum absolute atomic E-state index is 0.0765. The Morgan fingerprint density at radius 3 is 2.61 bits per heavy atom. The highest BCUT2D eigenvalue weighted by Gasteiger charge is 2.38. The molecule has 174 valence electrons. The standard InChI is InChI=1S/C24H29N5O2S2/c1-3-26-11-13-27(14-12-26)21-18(22(30)28-10-6-7-16(2)20(28)25-21)15-19-23(31)29(24(32)33-19)17-8-4-5-9-17/h6-7,10,15,17H,3-5,8-9,11-14H2,1-2H3/b19-15-. The number of fused-ring (bicyclic) bond motifs is 1. The molecule has 2 aromatic rings. The molecule has 2 aromatic heterocycles. The number of nitrogens with zero attached hydrogens (tertiary/aromatic N) is 5. The van der Waals surface area contributed by atoms with Crippen LogP contribution in [0.25, 0.3) is 11.7 Å². The van der Waals surface area contributed by atoms with Gasteiger partial charge >= 0.3 is 0 Å². The van der Waals surface area contributed by atoms with Crippen molar-refractivity contribution in [2.75, 3.05) is 37.6 Å². The van der Waals surface area contributed by atoms with Gasteiger partial charge in [-0.1, -0.05) is 49.8 Å². The number of likely N-dealkylation sites (N-methyl/N-ethyl adjacent to an activating group) is 1. The summed E-state index contributed by atoms with van der Waals surface area (Å²) in [6.07, 6.45) is 7.73. The van der Waals surface area contributed by atoms with E-state index in [2.05, 4.69) is 16.7 Å². The number of aromatic nitrogens is 2. The lowest BCUT2D eigenvalue weighted by Gasteiger charge is -2.35. The monoisotopic (exact) mass is 483 g/mol. The summed E-state index contributed by atoms with van der Waals surface area (Å²) in [5.41, 5.74) is 1.92. The minimum atomic E-state index is -0.150.